The SMILES string of the molecule is Cc1cc(C)nc(-n2nc(C)c(CC(=O)Nc3cc(F)cc(F)c3)c2C)n1. The van der Waals surface area contributed by atoms with Gasteiger partial charge in [-0.05, 0) is 45.9 Å². The summed E-state index contributed by atoms with van der Waals surface area (Å²) in [5.41, 5.74) is 3.81. The lowest BCUT2D eigenvalue weighted by Crippen LogP contribution is -2.16. The first kappa shape index (κ1) is 18.6. The Morgan fingerprint density at radius 3 is 2.19 bits per heavy atom. The van der Waals surface area contributed by atoms with Gasteiger partial charge in [0.05, 0.1) is 12.1 Å². The average molecular weight is 371 g/mol. The number of nitrogens with one attached hydrogen (secondary N) is 1. The minimum Gasteiger partial charge on any atom is -0.326 e. The highest BCUT2D eigenvalue weighted by atomic mass is 19.1. The van der Waals surface area contributed by atoms with Crippen molar-refractivity contribution in [2.24, 2.45) is 0 Å². The third-order valence-corrected chi connectivity index (χ3v) is 4.08. The Balaban J connectivity index is 1.85. The molecule has 2 aromatic heterocycles. The molecule has 0 spiro atoms. The standard InChI is InChI=1S/C19H19F2N5O/c1-10-5-11(2)23-19(22-10)26-13(4)17(12(3)25-26)9-18(27)24-16-7-14(20)6-15(21)8-16/h5-8H,9H2,1-4H3,(H,24,27). The van der Waals surface area contributed by atoms with E-state index >= 15 is 0 Å². The van der Waals surface area contributed by atoms with Crippen molar-refractivity contribution in [2.45, 2.75) is 34.1 Å². The van der Waals surface area contributed by atoms with Crippen LogP contribution >= 0.6 is 0 Å². The van der Waals surface area contributed by atoms with Crippen LogP contribution in [0.1, 0.15) is 28.3 Å². The van der Waals surface area contributed by atoms with Gasteiger partial charge in [-0.1, -0.05) is 0 Å². The molecule has 6 nitrogen and oxygen atoms in total. The normalized spacial score (nSPS) is 10.9. The maximum atomic E-state index is 13.3. The van der Waals surface area contributed by atoms with E-state index in [1.165, 1.54) is 0 Å². The molecule has 0 fully saturated rings. The van der Waals surface area contributed by atoms with E-state index in [2.05, 4.69) is 20.4 Å². The predicted molar refractivity (Wildman–Crippen MR) is 96.8 cm³/mol. The van der Waals surface area contributed by atoms with Gasteiger partial charge in [-0.15, -0.1) is 0 Å². The first-order chi connectivity index (χ1) is 12.7. The molecule has 0 bridgehead atoms. The van der Waals surface area contributed by atoms with E-state index in [4.69, 9.17) is 0 Å². The Labute approximate surface area is 155 Å². The van der Waals surface area contributed by atoms with Crippen molar-refractivity contribution in [3.05, 3.63) is 64.2 Å². The molecule has 0 aliphatic rings. The molecule has 8 heteroatoms. The summed E-state index contributed by atoms with van der Waals surface area (Å²) in [4.78, 5) is 21.1. The molecule has 0 aliphatic carbocycles. The summed E-state index contributed by atoms with van der Waals surface area (Å²) >= 11 is 0. The quantitative estimate of drug-likeness (QED) is 0.763. The van der Waals surface area contributed by atoms with Crippen LogP contribution in [0.5, 0.6) is 0 Å². The summed E-state index contributed by atoms with van der Waals surface area (Å²) in [5, 5.41) is 6.95. The molecule has 0 atom stereocenters. The van der Waals surface area contributed by atoms with E-state index in [0.29, 0.717) is 17.2 Å². The van der Waals surface area contributed by atoms with Crippen LogP contribution in [0.4, 0.5) is 14.5 Å². The molecule has 3 rings (SSSR count). The number of amides is 1. The Morgan fingerprint density at radius 2 is 1.59 bits per heavy atom. The number of anilines is 1. The number of carbonyl (C=O) groups excluding carboxylic acids is 1. The van der Waals surface area contributed by atoms with Gasteiger partial charge in [0, 0.05) is 34.4 Å². The van der Waals surface area contributed by atoms with Crippen molar-refractivity contribution in [3.63, 3.8) is 0 Å². The summed E-state index contributed by atoms with van der Waals surface area (Å²) in [6, 6.07) is 4.74. The zero-order valence-electron chi connectivity index (χ0n) is 15.5. The number of hydrogen-bond donors (Lipinski definition) is 1. The molecule has 2 heterocycles. The van der Waals surface area contributed by atoms with Crippen molar-refractivity contribution < 1.29 is 13.6 Å². The van der Waals surface area contributed by atoms with Crippen LogP contribution in [0, 0.1) is 39.3 Å². The minimum absolute atomic E-state index is 0.0145. The number of carbonyl (C=O) groups is 1. The zero-order valence-corrected chi connectivity index (χ0v) is 15.5. The molecule has 0 saturated carbocycles. The predicted octanol–water partition coefficient (Wildman–Crippen LogP) is 3.36. The summed E-state index contributed by atoms with van der Waals surface area (Å²) < 4.78 is 28.1. The van der Waals surface area contributed by atoms with Crippen LogP contribution in [0.25, 0.3) is 5.95 Å². The Hall–Kier alpha value is -3.16. The molecule has 140 valence electrons. The highest BCUT2D eigenvalue weighted by Crippen LogP contribution is 2.19. The number of aromatic nitrogens is 4. The molecular formula is C19H19F2N5O. The van der Waals surface area contributed by atoms with E-state index in [9.17, 15) is 13.6 Å². The summed E-state index contributed by atoms with van der Waals surface area (Å²) in [6.45, 7) is 7.36. The second-order valence-electron chi connectivity index (χ2n) is 6.39. The lowest BCUT2D eigenvalue weighted by Gasteiger charge is -2.07. The lowest BCUT2D eigenvalue weighted by atomic mass is 10.1. The van der Waals surface area contributed by atoms with Gasteiger partial charge in [0.2, 0.25) is 5.91 Å². The third kappa shape index (κ3) is 4.16. The molecule has 0 radical (unpaired) electrons. The molecule has 0 saturated heterocycles. The van der Waals surface area contributed by atoms with E-state index in [-0.39, 0.29) is 12.1 Å². The van der Waals surface area contributed by atoms with Crippen LogP contribution in [0.15, 0.2) is 24.3 Å². The van der Waals surface area contributed by atoms with Crippen LogP contribution in [-0.4, -0.2) is 25.7 Å². The van der Waals surface area contributed by atoms with E-state index in [1.54, 1.807) is 11.6 Å². The zero-order chi connectivity index (χ0) is 19.7. The highest BCUT2D eigenvalue weighted by molar-refractivity contribution is 5.92. The molecule has 0 aliphatic heterocycles. The van der Waals surface area contributed by atoms with Crippen LogP contribution < -0.4 is 5.32 Å². The topological polar surface area (TPSA) is 72.7 Å². The van der Waals surface area contributed by atoms with Crippen LogP contribution in [0.3, 0.4) is 0 Å². The third-order valence-electron chi connectivity index (χ3n) is 4.08. The average Bonchev–Trinajstić information content (AvgIpc) is 2.81. The fourth-order valence-corrected chi connectivity index (χ4v) is 2.92. The molecule has 1 amide bonds. The Morgan fingerprint density at radius 1 is 1.00 bits per heavy atom. The molecule has 0 unspecified atom stereocenters. The fraction of sp³-hybridized carbons (Fsp3) is 0.263. The number of nitrogens with zero attached hydrogens (tertiary/aromatic N) is 4. The van der Waals surface area contributed by atoms with Gasteiger partial charge in [0.15, 0.2) is 0 Å². The summed E-state index contributed by atoms with van der Waals surface area (Å²) in [6.07, 6.45) is 0.0145. The Kier molecular flexibility index (Phi) is 4.98. The van der Waals surface area contributed by atoms with Crippen molar-refractivity contribution in [1.82, 2.24) is 19.7 Å². The van der Waals surface area contributed by atoms with Gasteiger partial charge in [-0.3, -0.25) is 4.79 Å². The second kappa shape index (κ2) is 7.22. The minimum atomic E-state index is -0.752. The van der Waals surface area contributed by atoms with Crippen LogP contribution in [0.2, 0.25) is 0 Å². The van der Waals surface area contributed by atoms with E-state index in [1.807, 2.05) is 26.8 Å². The van der Waals surface area contributed by atoms with Crippen molar-refractivity contribution in [2.75, 3.05) is 5.32 Å². The Bertz CT molecular complexity index is 989. The summed E-state index contributed by atoms with van der Waals surface area (Å²) in [7, 11) is 0. The molecular weight excluding hydrogens is 352 g/mol. The van der Waals surface area contributed by atoms with Gasteiger partial charge >= 0.3 is 0 Å². The number of rotatable bonds is 4. The van der Waals surface area contributed by atoms with Crippen LogP contribution in [-0.2, 0) is 11.2 Å². The van der Waals surface area contributed by atoms with Crippen molar-refractivity contribution >= 4 is 11.6 Å². The highest BCUT2D eigenvalue weighted by Gasteiger charge is 2.18. The van der Waals surface area contributed by atoms with E-state index in [0.717, 1.165) is 35.3 Å². The number of hydrogen-bond acceptors (Lipinski definition) is 4. The van der Waals surface area contributed by atoms with Crippen molar-refractivity contribution in [3.8, 4) is 5.95 Å². The molecule has 1 aromatic carbocycles. The van der Waals surface area contributed by atoms with Gasteiger partial charge in [0.1, 0.15) is 11.6 Å². The fourth-order valence-electron chi connectivity index (χ4n) is 2.92. The van der Waals surface area contributed by atoms with Gasteiger partial charge in [-0.25, -0.2) is 23.4 Å². The lowest BCUT2D eigenvalue weighted by molar-refractivity contribution is -0.115. The van der Waals surface area contributed by atoms with Gasteiger partial charge in [-0.2, -0.15) is 5.10 Å². The smallest absolute Gasteiger partial charge is 0.251 e. The van der Waals surface area contributed by atoms with Gasteiger partial charge < -0.3 is 5.32 Å². The first-order valence-corrected chi connectivity index (χ1v) is 8.36. The van der Waals surface area contributed by atoms with E-state index < -0.39 is 17.5 Å². The maximum Gasteiger partial charge on any atom is 0.251 e. The second-order valence-corrected chi connectivity index (χ2v) is 6.39. The first-order valence-electron chi connectivity index (χ1n) is 8.36. The molecule has 1 N–H and O–H groups in total. The monoisotopic (exact) mass is 371 g/mol. The maximum absolute atomic E-state index is 13.3. The number of benzene rings is 1. The van der Waals surface area contributed by atoms with Gasteiger partial charge in [0.25, 0.3) is 5.95 Å². The largest absolute Gasteiger partial charge is 0.326 e. The number of aryl methyl sites for hydroxylation is 3. The number of halogens is 2. The molecule has 3 aromatic rings. The summed E-state index contributed by atoms with van der Waals surface area (Å²) in [5.74, 6) is -1.46. The molecule has 27 heavy (non-hydrogen) atoms. The van der Waals surface area contributed by atoms with Crippen molar-refractivity contribution in [1.29, 1.82) is 0 Å².